The Kier molecular flexibility index (Phi) is 7.37. The number of alkyl halides is 3. The Balaban J connectivity index is 1.44. The molecule has 0 atom stereocenters. The highest BCUT2D eigenvalue weighted by Gasteiger charge is 2.36. The van der Waals surface area contributed by atoms with E-state index in [-0.39, 0.29) is 46.6 Å². The van der Waals surface area contributed by atoms with Gasteiger partial charge in [-0.25, -0.2) is 0 Å². The Morgan fingerprint density at radius 1 is 1.11 bits per heavy atom. The van der Waals surface area contributed by atoms with E-state index in [1.54, 1.807) is 0 Å². The van der Waals surface area contributed by atoms with Crippen LogP contribution in [0.5, 0.6) is 5.75 Å². The average Bonchev–Trinajstić information content (AvgIpc) is 2.78. The molecule has 7 nitrogen and oxygen atoms in total. The average molecular weight is 525 g/mol. The molecular formula is C25H20ClF3O7. The van der Waals surface area contributed by atoms with Crippen molar-refractivity contribution < 1.29 is 41.8 Å². The zero-order chi connectivity index (χ0) is 26.0. The first kappa shape index (κ1) is 25.7. The summed E-state index contributed by atoms with van der Waals surface area (Å²) in [5.74, 6) is -2.59. The van der Waals surface area contributed by atoms with Crippen LogP contribution < -0.4 is 10.2 Å². The lowest BCUT2D eigenvalue weighted by Crippen LogP contribution is -2.37. The largest absolute Gasteiger partial charge is 0.491 e. The van der Waals surface area contributed by atoms with Crippen molar-refractivity contribution >= 4 is 34.3 Å². The summed E-state index contributed by atoms with van der Waals surface area (Å²) >= 11 is 6.03. The molecule has 0 bridgehead atoms. The van der Waals surface area contributed by atoms with Gasteiger partial charge in [0.25, 0.3) is 0 Å². The monoisotopic (exact) mass is 524 g/mol. The molecule has 11 heteroatoms. The van der Waals surface area contributed by atoms with Crippen molar-refractivity contribution in [2.45, 2.75) is 31.5 Å². The summed E-state index contributed by atoms with van der Waals surface area (Å²) in [6.45, 7) is 0.0506. The number of hydrogen-bond acceptors (Lipinski definition) is 6. The molecule has 0 spiro atoms. The second-order valence-electron chi connectivity index (χ2n) is 8.36. The molecule has 36 heavy (non-hydrogen) atoms. The van der Waals surface area contributed by atoms with Crippen molar-refractivity contribution in [1.29, 1.82) is 0 Å². The Morgan fingerprint density at radius 3 is 2.56 bits per heavy atom. The number of carboxylic acids is 1. The molecule has 1 saturated carbocycles. The lowest BCUT2D eigenvalue weighted by molar-refractivity contribution is -0.151. The standard InChI is InChI=1S/C25H20ClF3O7/c26-19-3-1-2-17-20(30)12-22(36-23(17)19)21(31)10-13-4-5-15(11-18(13)25(27,28)29)34-6-7-35-16-8-14(9-16)24(32)33/h1-5,11-12,14,16H,6-10H2,(H,32,33). The minimum Gasteiger partial charge on any atom is -0.491 e. The molecule has 1 aliphatic carbocycles. The van der Waals surface area contributed by atoms with Gasteiger partial charge in [0.15, 0.2) is 16.8 Å². The minimum atomic E-state index is -4.77. The Morgan fingerprint density at radius 2 is 1.86 bits per heavy atom. The van der Waals surface area contributed by atoms with E-state index in [1.165, 1.54) is 24.3 Å². The summed E-state index contributed by atoms with van der Waals surface area (Å²) in [6.07, 6.45) is -4.86. The number of halogens is 4. The van der Waals surface area contributed by atoms with Crippen LogP contribution in [0.3, 0.4) is 0 Å². The normalized spacial score (nSPS) is 17.6. The molecule has 4 rings (SSSR count). The number of carbonyl (C=O) groups excluding carboxylic acids is 1. The van der Waals surface area contributed by atoms with Gasteiger partial charge in [-0.3, -0.25) is 14.4 Å². The molecule has 0 saturated heterocycles. The van der Waals surface area contributed by atoms with Crippen LogP contribution in [0.4, 0.5) is 13.2 Å². The second-order valence-corrected chi connectivity index (χ2v) is 8.76. The summed E-state index contributed by atoms with van der Waals surface area (Å²) in [7, 11) is 0. The lowest BCUT2D eigenvalue weighted by atomic mass is 9.82. The van der Waals surface area contributed by atoms with Crippen molar-refractivity contribution in [3.05, 3.63) is 74.6 Å². The van der Waals surface area contributed by atoms with E-state index in [0.717, 1.165) is 18.2 Å². The first-order valence-electron chi connectivity index (χ1n) is 11.0. The zero-order valence-electron chi connectivity index (χ0n) is 18.6. The number of para-hydroxylation sites is 1. The van der Waals surface area contributed by atoms with Gasteiger partial charge in [0.05, 0.1) is 34.6 Å². The van der Waals surface area contributed by atoms with Crippen LogP contribution in [0.25, 0.3) is 11.0 Å². The first-order valence-corrected chi connectivity index (χ1v) is 11.3. The van der Waals surface area contributed by atoms with Crippen LogP contribution in [0.15, 0.2) is 51.7 Å². The first-order chi connectivity index (χ1) is 17.0. The third-order valence-electron chi connectivity index (χ3n) is 5.87. The maximum atomic E-state index is 13.7. The second kappa shape index (κ2) is 10.3. The smallest absolute Gasteiger partial charge is 0.416 e. The molecule has 190 valence electrons. The van der Waals surface area contributed by atoms with Crippen molar-refractivity contribution in [3.63, 3.8) is 0 Å². The molecule has 0 radical (unpaired) electrons. The molecule has 0 amide bonds. The van der Waals surface area contributed by atoms with Gasteiger partial charge in [-0.2, -0.15) is 13.2 Å². The fourth-order valence-corrected chi connectivity index (χ4v) is 4.09. The van der Waals surface area contributed by atoms with E-state index in [2.05, 4.69) is 0 Å². The van der Waals surface area contributed by atoms with Crippen LogP contribution in [0, 0.1) is 5.92 Å². The van der Waals surface area contributed by atoms with Gasteiger partial charge in [-0.05, 0) is 42.7 Å². The van der Waals surface area contributed by atoms with Crippen LogP contribution in [-0.2, 0) is 22.1 Å². The molecule has 3 aromatic rings. The van der Waals surface area contributed by atoms with Gasteiger partial charge in [0, 0.05) is 12.5 Å². The van der Waals surface area contributed by atoms with Crippen LogP contribution in [-0.4, -0.2) is 36.2 Å². The third-order valence-corrected chi connectivity index (χ3v) is 6.17. The molecule has 1 N–H and O–H groups in total. The fourth-order valence-electron chi connectivity index (χ4n) is 3.88. The number of Topliss-reactive ketones (excluding diaryl/α,β-unsaturated/α-hetero) is 1. The maximum Gasteiger partial charge on any atom is 0.416 e. The minimum absolute atomic E-state index is 0.0163. The third kappa shape index (κ3) is 5.71. The lowest BCUT2D eigenvalue weighted by Gasteiger charge is -2.31. The number of carboxylic acid groups (broad SMARTS) is 1. The Labute approximate surface area is 207 Å². The van der Waals surface area contributed by atoms with Crippen LogP contribution >= 0.6 is 11.6 Å². The number of ketones is 1. The number of hydrogen-bond donors (Lipinski definition) is 1. The highest BCUT2D eigenvalue weighted by Crippen LogP contribution is 2.35. The topological polar surface area (TPSA) is 103 Å². The summed E-state index contributed by atoms with van der Waals surface area (Å²) in [5.41, 5.74) is -1.92. The highest BCUT2D eigenvalue weighted by atomic mass is 35.5. The number of ether oxygens (including phenoxy) is 2. The Bertz CT molecular complexity index is 1360. The number of aliphatic carboxylic acids is 1. The molecule has 0 aliphatic heterocycles. The summed E-state index contributed by atoms with van der Waals surface area (Å²) in [5, 5.41) is 9.10. The highest BCUT2D eigenvalue weighted by molar-refractivity contribution is 6.34. The van der Waals surface area contributed by atoms with Crippen molar-refractivity contribution in [2.24, 2.45) is 5.92 Å². The van der Waals surface area contributed by atoms with Gasteiger partial charge in [-0.1, -0.05) is 23.7 Å². The number of carbonyl (C=O) groups is 2. The fraction of sp³-hybridized carbons (Fsp3) is 0.320. The molecular weight excluding hydrogens is 505 g/mol. The molecule has 1 fully saturated rings. The molecule has 2 aromatic carbocycles. The zero-order valence-corrected chi connectivity index (χ0v) is 19.4. The van der Waals surface area contributed by atoms with Gasteiger partial charge in [-0.15, -0.1) is 0 Å². The number of benzene rings is 2. The van der Waals surface area contributed by atoms with Crippen molar-refractivity contribution in [1.82, 2.24) is 0 Å². The molecule has 1 aliphatic rings. The number of fused-ring (bicyclic) bond motifs is 1. The van der Waals surface area contributed by atoms with Crippen LogP contribution in [0.1, 0.15) is 34.5 Å². The van der Waals surface area contributed by atoms with Gasteiger partial charge < -0.3 is 19.0 Å². The van der Waals surface area contributed by atoms with Crippen molar-refractivity contribution in [2.75, 3.05) is 13.2 Å². The van der Waals surface area contributed by atoms with E-state index in [9.17, 15) is 27.6 Å². The molecule has 1 aromatic heterocycles. The van der Waals surface area contributed by atoms with Gasteiger partial charge in [0.2, 0.25) is 5.78 Å². The molecule has 0 unspecified atom stereocenters. The van der Waals surface area contributed by atoms with E-state index in [1.807, 2.05) is 0 Å². The summed E-state index contributed by atoms with van der Waals surface area (Å²) in [4.78, 5) is 35.8. The SMILES string of the molecule is O=C(Cc1ccc(OCCOC2CC(C(=O)O)C2)cc1C(F)(F)F)c1cc(=O)c2cccc(Cl)c2o1. The summed E-state index contributed by atoms with van der Waals surface area (Å²) in [6, 6.07) is 8.63. The van der Waals surface area contributed by atoms with Crippen molar-refractivity contribution in [3.8, 4) is 5.75 Å². The van der Waals surface area contributed by atoms with E-state index in [4.69, 9.17) is 30.6 Å². The van der Waals surface area contributed by atoms with Gasteiger partial charge in [0.1, 0.15) is 12.4 Å². The van der Waals surface area contributed by atoms with Crippen LogP contribution in [0.2, 0.25) is 5.02 Å². The maximum absolute atomic E-state index is 13.7. The van der Waals surface area contributed by atoms with E-state index >= 15 is 0 Å². The quantitative estimate of drug-likeness (QED) is 0.305. The number of rotatable bonds is 9. The Hall–Kier alpha value is -3.37. The van der Waals surface area contributed by atoms with Gasteiger partial charge >= 0.3 is 12.1 Å². The van der Waals surface area contributed by atoms with E-state index < -0.39 is 47.0 Å². The predicted molar refractivity (Wildman–Crippen MR) is 123 cm³/mol. The van der Waals surface area contributed by atoms with E-state index in [0.29, 0.717) is 12.8 Å². The summed E-state index contributed by atoms with van der Waals surface area (Å²) < 4.78 is 57.4. The molecule has 1 heterocycles. The predicted octanol–water partition coefficient (Wildman–Crippen LogP) is 5.15.